The van der Waals surface area contributed by atoms with Crippen molar-refractivity contribution in [3.63, 3.8) is 0 Å². The molecule has 1 aromatic rings. The van der Waals surface area contributed by atoms with Crippen LogP contribution in [0.2, 0.25) is 0 Å². The minimum atomic E-state index is -3.47. The van der Waals surface area contributed by atoms with Gasteiger partial charge in [0.25, 0.3) is 15.9 Å². The number of carbonyl (C=O) groups excluding carboxylic acids is 2. The zero-order valence-corrected chi connectivity index (χ0v) is 15.9. The number of nitrogens with zero attached hydrogens (tertiary/aromatic N) is 3. The van der Waals surface area contributed by atoms with Crippen LogP contribution >= 0.6 is 0 Å². The van der Waals surface area contributed by atoms with Crippen molar-refractivity contribution >= 4 is 27.7 Å². The van der Waals surface area contributed by atoms with Crippen molar-refractivity contribution in [3.8, 4) is 0 Å². The van der Waals surface area contributed by atoms with Crippen molar-refractivity contribution in [1.29, 1.82) is 0 Å². The number of esters is 1. The lowest BCUT2D eigenvalue weighted by Crippen LogP contribution is -2.37. The Morgan fingerprint density at radius 1 is 1.32 bits per heavy atom. The molecule has 0 N–H and O–H groups in total. The summed E-state index contributed by atoms with van der Waals surface area (Å²) in [7, 11) is -1.95. The lowest BCUT2D eigenvalue weighted by Gasteiger charge is -2.26. The molecule has 1 amide bonds. The van der Waals surface area contributed by atoms with Gasteiger partial charge in [0.05, 0.1) is 11.3 Å². The molecule has 2 aliphatic rings. The van der Waals surface area contributed by atoms with Crippen LogP contribution in [-0.2, 0) is 30.9 Å². The molecule has 2 heterocycles. The number of benzene rings is 1. The number of hydrogen-bond donors (Lipinski definition) is 0. The molecule has 10 heteroatoms. The maximum Gasteiger partial charge on any atom is 0.340 e. The van der Waals surface area contributed by atoms with Gasteiger partial charge >= 0.3 is 5.97 Å². The van der Waals surface area contributed by atoms with E-state index in [-0.39, 0.29) is 30.3 Å². The molecule has 8 nitrogen and oxygen atoms in total. The molecule has 0 aliphatic carbocycles. The molecular formula is C18H18FN3O5S. The molecule has 0 saturated heterocycles. The summed E-state index contributed by atoms with van der Waals surface area (Å²) in [6, 6.07) is 5.88. The maximum atomic E-state index is 13.2. The largest absolute Gasteiger partial charge is 0.452 e. The summed E-state index contributed by atoms with van der Waals surface area (Å²) in [6.45, 7) is -0.110. The summed E-state index contributed by atoms with van der Waals surface area (Å²) in [5.41, 5.74) is 0.797. The SMILES string of the molecule is CN(Cc1cccc(F)c1)C(=O)COC(=O)C1=CN2CCS(=O)(=O)N=C2C=C1. The first-order valence-electron chi connectivity index (χ1n) is 8.38. The number of hydrogen-bond acceptors (Lipinski definition) is 6. The van der Waals surface area contributed by atoms with Crippen molar-refractivity contribution in [2.45, 2.75) is 6.54 Å². The van der Waals surface area contributed by atoms with Gasteiger partial charge < -0.3 is 14.5 Å². The molecule has 1 aromatic carbocycles. The number of fused-ring (bicyclic) bond motifs is 1. The molecule has 0 unspecified atom stereocenters. The summed E-state index contributed by atoms with van der Waals surface area (Å²) in [5, 5.41) is 0. The van der Waals surface area contributed by atoms with Crippen LogP contribution in [0.1, 0.15) is 5.56 Å². The number of likely N-dealkylation sites (N-methyl/N-ethyl adjacent to an activating group) is 1. The smallest absolute Gasteiger partial charge is 0.340 e. The summed E-state index contributed by atoms with van der Waals surface area (Å²) in [5.74, 6) is -1.46. The molecule has 0 radical (unpaired) electrons. The van der Waals surface area contributed by atoms with E-state index in [0.29, 0.717) is 5.56 Å². The molecule has 2 aliphatic heterocycles. The monoisotopic (exact) mass is 407 g/mol. The third kappa shape index (κ3) is 4.83. The van der Waals surface area contributed by atoms with Gasteiger partial charge in [-0.1, -0.05) is 12.1 Å². The third-order valence-corrected chi connectivity index (χ3v) is 5.28. The quantitative estimate of drug-likeness (QED) is 0.671. The standard InChI is InChI=1S/C18H18FN3O5S/c1-21(10-13-3-2-4-15(19)9-13)17(23)12-27-18(24)14-5-6-16-20-28(25,26)8-7-22(16)11-14/h2-6,9,11H,7-8,10,12H2,1H3. The Balaban J connectivity index is 1.55. The van der Waals surface area contributed by atoms with E-state index in [1.54, 1.807) is 12.1 Å². The van der Waals surface area contributed by atoms with Gasteiger partial charge in [0.2, 0.25) is 0 Å². The fraction of sp³-hybridized carbons (Fsp3) is 0.278. The second-order valence-corrected chi connectivity index (χ2v) is 8.06. The maximum absolute atomic E-state index is 13.2. The molecular weight excluding hydrogens is 389 g/mol. The van der Waals surface area contributed by atoms with E-state index in [1.165, 1.54) is 47.3 Å². The van der Waals surface area contributed by atoms with E-state index in [9.17, 15) is 22.4 Å². The molecule has 148 valence electrons. The molecule has 0 aromatic heterocycles. The Labute approximate surface area is 161 Å². The number of amidine groups is 1. The fourth-order valence-corrected chi connectivity index (χ4v) is 3.61. The van der Waals surface area contributed by atoms with Crippen LogP contribution in [0.5, 0.6) is 0 Å². The zero-order valence-electron chi connectivity index (χ0n) is 15.0. The van der Waals surface area contributed by atoms with Crippen LogP contribution in [0.15, 0.2) is 52.6 Å². The Morgan fingerprint density at radius 2 is 2.11 bits per heavy atom. The van der Waals surface area contributed by atoms with Crippen LogP contribution in [0.3, 0.4) is 0 Å². The van der Waals surface area contributed by atoms with Gasteiger partial charge in [0, 0.05) is 26.3 Å². The zero-order chi connectivity index (χ0) is 20.3. The number of rotatable bonds is 5. The first-order chi connectivity index (χ1) is 13.2. The summed E-state index contributed by atoms with van der Waals surface area (Å²) in [4.78, 5) is 27.2. The van der Waals surface area contributed by atoms with Crippen molar-refractivity contribution in [3.05, 3.63) is 59.6 Å². The van der Waals surface area contributed by atoms with E-state index in [4.69, 9.17) is 4.74 Å². The minimum Gasteiger partial charge on any atom is -0.452 e. The Morgan fingerprint density at radius 3 is 2.86 bits per heavy atom. The van der Waals surface area contributed by atoms with E-state index in [2.05, 4.69) is 4.40 Å². The van der Waals surface area contributed by atoms with Gasteiger partial charge in [-0.3, -0.25) is 4.79 Å². The number of carbonyl (C=O) groups is 2. The highest BCUT2D eigenvalue weighted by atomic mass is 32.2. The van der Waals surface area contributed by atoms with Gasteiger partial charge in [0.15, 0.2) is 6.61 Å². The molecule has 0 saturated carbocycles. The highest BCUT2D eigenvalue weighted by Gasteiger charge is 2.25. The number of ether oxygens (including phenoxy) is 1. The molecule has 0 atom stereocenters. The van der Waals surface area contributed by atoms with Crippen molar-refractivity contribution in [1.82, 2.24) is 9.80 Å². The van der Waals surface area contributed by atoms with E-state index in [1.807, 2.05) is 0 Å². The highest BCUT2D eigenvalue weighted by molar-refractivity contribution is 7.90. The average Bonchev–Trinajstić information content (AvgIpc) is 2.64. The summed E-state index contributed by atoms with van der Waals surface area (Å²) >= 11 is 0. The van der Waals surface area contributed by atoms with Crippen molar-refractivity contribution < 1.29 is 27.1 Å². The highest BCUT2D eigenvalue weighted by Crippen LogP contribution is 2.16. The Kier molecular flexibility index (Phi) is 5.59. The second-order valence-electron chi connectivity index (χ2n) is 6.30. The molecule has 3 rings (SSSR count). The van der Waals surface area contributed by atoms with Crippen molar-refractivity contribution in [2.75, 3.05) is 26.0 Å². The molecule has 28 heavy (non-hydrogen) atoms. The van der Waals surface area contributed by atoms with Gasteiger partial charge in [0.1, 0.15) is 11.7 Å². The van der Waals surface area contributed by atoms with Crippen molar-refractivity contribution in [2.24, 2.45) is 4.40 Å². The fourth-order valence-electron chi connectivity index (χ4n) is 2.64. The summed E-state index contributed by atoms with van der Waals surface area (Å²) < 4.78 is 44.8. The van der Waals surface area contributed by atoms with E-state index >= 15 is 0 Å². The first-order valence-corrected chi connectivity index (χ1v) is 9.99. The molecule has 0 fully saturated rings. The predicted molar refractivity (Wildman–Crippen MR) is 99.0 cm³/mol. The van der Waals surface area contributed by atoms with Gasteiger partial charge in [-0.05, 0) is 29.8 Å². The molecule has 0 spiro atoms. The third-order valence-electron chi connectivity index (χ3n) is 4.12. The van der Waals surface area contributed by atoms with Crippen LogP contribution in [-0.4, -0.2) is 61.9 Å². The van der Waals surface area contributed by atoms with Gasteiger partial charge in [-0.25, -0.2) is 17.6 Å². The molecule has 0 bridgehead atoms. The number of sulfonamides is 1. The summed E-state index contributed by atoms with van der Waals surface area (Å²) in [6.07, 6.45) is 4.24. The number of amides is 1. The second kappa shape index (κ2) is 7.93. The minimum absolute atomic E-state index is 0.146. The normalized spacial score (nSPS) is 17.3. The predicted octanol–water partition coefficient (Wildman–Crippen LogP) is 0.825. The van der Waals surface area contributed by atoms with Gasteiger partial charge in [-0.2, -0.15) is 0 Å². The first kappa shape index (κ1) is 19.7. The van der Waals surface area contributed by atoms with Crippen LogP contribution in [0.25, 0.3) is 0 Å². The van der Waals surface area contributed by atoms with E-state index in [0.717, 1.165) is 0 Å². The topological polar surface area (TPSA) is 96.4 Å². The van der Waals surface area contributed by atoms with Gasteiger partial charge in [-0.15, -0.1) is 4.40 Å². The Bertz CT molecular complexity index is 1000. The lowest BCUT2D eigenvalue weighted by molar-refractivity contribution is -0.148. The van der Waals surface area contributed by atoms with E-state index < -0.39 is 34.3 Å². The van der Waals surface area contributed by atoms with Crippen LogP contribution < -0.4 is 0 Å². The average molecular weight is 407 g/mol. The van der Waals surface area contributed by atoms with Crippen LogP contribution in [0, 0.1) is 5.82 Å². The lowest BCUT2D eigenvalue weighted by atomic mass is 10.2. The number of halogens is 1. The Hall–Kier alpha value is -3.01. The van der Waals surface area contributed by atoms with Crippen LogP contribution in [0.4, 0.5) is 4.39 Å².